The van der Waals surface area contributed by atoms with Crippen molar-refractivity contribution >= 4 is 29.3 Å². The molecule has 3 aromatic rings. The number of ether oxygens (including phenoxy) is 1. The Bertz CT molecular complexity index is 1240. The van der Waals surface area contributed by atoms with Crippen LogP contribution in [-0.4, -0.2) is 61.9 Å². The van der Waals surface area contributed by atoms with Gasteiger partial charge in [0.2, 0.25) is 0 Å². The van der Waals surface area contributed by atoms with Crippen LogP contribution in [-0.2, 0) is 9.53 Å². The van der Waals surface area contributed by atoms with Crippen molar-refractivity contribution in [1.29, 1.82) is 0 Å². The molecule has 2 aliphatic rings. The third-order valence-electron chi connectivity index (χ3n) is 6.87. The Kier molecular flexibility index (Phi) is 6.69. The summed E-state index contributed by atoms with van der Waals surface area (Å²) in [7, 11) is 0. The second-order valence-corrected chi connectivity index (χ2v) is 9.64. The molecule has 1 aliphatic heterocycles. The summed E-state index contributed by atoms with van der Waals surface area (Å²) < 4.78 is 36.3. The molecule has 12 heteroatoms. The molecular formula is C24H29F2N7O3. The number of morpholine rings is 1. The fourth-order valence-electron chi connectivity index (χ4n) is 5.10. The summed E-state index contributed by atoms with van der Waals surface area (Å²) in [5.74, 6) is 0.0954. The number of hydrogen-bond donors (Lipinski definition) is 1. The summed E-state index contributed by atoms with van der Waals surface area (Å²) in [4.78, 5) is 30.9. The van der Waals surface area contributed by atoms with Gasteiger partial charge in [-0.25, -0.2) is 18.3 Å². The molecule has 1 aliphatic carbocycles. The number of hydrogen-bond acceptors (Lipinski definition) is 7. The first-order chi connectivity index (χ1) is 17.3. The standard InChI is InChI=1S/C24H29F2N7O3/c1-14-10-31(11-15(2)36-14)20-7-8-32-23(29-20)18(9-27-32)24(35)28-19-12-33(30-21(19)22(25)26)17-5-3-16(13-34)4-6-17/h7-9,12-17,22H,3-6,10-11H2,1-2H3,(H,28,35)/t14-,15-,16?,17?/m0/s1. The Morgan fingerprint density at radius 2 is 1.92 bits per heavy atom. The second kappa shape index (κ2) is 9.92. The molecule has 3 aromatic heterocycles. The van der Waals surface area contributed by atoms with Gasteiger partial charge in [0.25, 0.3) is 12.3 Å². The average molecular weight is 502 g/mol. The number of aldehydes is 1. The van der Waals surface area contributed by atoms with Crippen molar-refractivity contribution in [3.63, 3.8) is 0 Å². The number of anilines is 2. The van der Waals surface area contributed by atoms with Gasteiger partial charge in [-0.2, -0.15) is 10.2 Å². The van der Waals surface area contributed by atoms with Gasteiger partial charge in [-0.15, -0.1) is 0 Å². The monoisotopic (exact) mass is 501 g/mol. The van der Waals surface area contributed by atoms with Crippen LogP contribution >= 0.6 is 0 Å². The molecule has 10 nitrogen and oxygen atoms in total. The van der Waals surface area contributed by atoms with E-state index >= 15 is 0 Å². The van der Waals surface area contributed by atoms with Crippen LogP contribution in [0.15, 0.2) is 24.7 Å². The van der Waals surface area contributed by atoms with E-state index in [9.17, 15) is 18.4 Å². The molecule has 2 fully saturated rings. The quantitative estimate of drug-likeness (QED) is 0.514. The van der Waals surface area contributed by atoms with Gasteiger partial charge in [-0.3, -0.25) is 9.48 Å². The Balaban J connectivity index is 1.38. The molecule has 1 saturated carbocycles. The van der Waals surface area contributed by atoms with Gasteiger partial charge in [0.05, 0.1) is 30.1 Å². The topological polar surface area (TPSA) is 107 Å². The van der Waals surface area contributed by atoms with Gasteiger partial charge in [0.15, 0.2) is 11.3 Å². The third-order valence-corrected chi connectivity index (χ3v) is 6.87. The average Bonchev–Trinajstić information content (AvgIpc) is 3.47. The van der Waals surface area contributed by atoms with Crippen LogP contribution in [0.4, 0.5) is 20.3 Å². The first-order valence-corrected chi connectivity index (χ1v) is 12.2. The van der Waals surface area contributed by atoms with E-state index in [-0.39, 0.29) is 35.4 Å². The Labute approximate surface area is 206 Å². The van der Waals surface area contributed by atoms with Crippen LogP contribution in [0.3, 0.4) is 0 Å². The van der Waals surface area contributed by atoms with Crippen molar-refractivity contribution < 1.29 is 23.1 Å². The van der Waals surface area contributed by atoms with E-state index < -0.39 is 18.0 Å². The Hall–Kier alpha value is -3.41. The van der Waals surface area contributed by atoms with E-state index in [1.807, 2.05) is 19.9 Å². The maximum atomic E-state index is 13.8. The molecule has 5 rings (SSSR count). The lowest BCUT2D eigenvalue weighted by Crippen LogP contribution is -2.45. The van der Waals surface area contributed by atoms with Crippen molar-refractivity contribution in [2.45, 2.75) is 64.2 Å². The maximum absolute atomic E-state index is 13.8. The first kappa shape index (κ1) is 24.3. The predicted octanol–water partition coefficient (Wildman–Crippen LogP) is 3.66. The molecule has 0 unspecified atom stereocenters. The molecule has 4 heterocycles. The minimum absolute atomic E-state index is 0.00227. The molecular weight excluding hydrogens is 472 g/mol. The first-order valence-electron chi connectivity index (χ1n) is 12.2. The van der Waals surface area contributed by atoms with E-state index in [0.29, 0.717) is 50.2 Å². The highest BCUT2D eigenvalue weighted by Gasteiger charge is 2.28. The van der Waals surface area contributed by atoms with Crippen molar-refractivity contribution in [3.8, 4) is 0 Å². The van der Waals surface area contributed by atoms with E-state index in [2.05, 4.69) is 25.4 Å². The molecule has 36 heavy (non-hydrogen) atoms. The van der Waals surface area contributed by atoms with Gasteiger partial charge < -0.3 is 19.7 Å². The lowest BCUT2D eigenvalue weighted by atomic mass is 9.87. The summed E-state index contributed by atoms with van der Waals surface area (Å²) in [6, 6.07) is 1.73. The lowest BCUT2D eigenvalue weighted by molar-refractivity contribution is -0.112. The van der Waals surface area contributed by atoms with Crippen LogP contribution in [0.2, 0.25) is 0 Å². The molecule has 0 radical (unpaired) electrons. The van der Waals surface area contributed by atoms with Crippen LogP contribution in [0.25, 0.3) is 5.65 Å². The Morgan fingerprint density at radius 1 is 1.19 bits per heavy atom. The van der Waals surface area contributed by atoms with Crippen LogP contribution in [0.1, 0.15) is 68.0 Å². The van der Waals surface area contributed by atoms with Gasteiger partial charge in [-0.05, 0) is 45.6 Å². The Morgan fingerprint density at radius 3 is 2.58 bits per heavy atom. The summed E-state index contributed by atoms with van der Waals surface area (Å²) in [5, 5.41) is 10.9. The van der Waals surface area contributed by atoms with Crippen LogP contribution < -0.4 is 10.2 Å². The largest absolute Gasteiger partial charge is 0.372 e. The normalized spacial score (nSPS) is 24.9. The number of nitrogens with one attached hydrogen (secondary N) is 1. The van der Waals surface area contributed by atoms with E-state index in [1.54, 1.807) is 6.20 Å². The van der Waals surface area contributed by atoms with Gasteiger partial charge in [0, 0.05) is 31.4 Å². The fourth-order valence-corrected chi connectivity index (χ4v) is 5.10. The zero-order valence-corrected chi connectivity index (χ0v) is 20.2. The number of rotatable bonds is 6. The second-order valence-electron chi connectivity index (χ2n) is 9.64. The number of nitrogens with zero attached hydrogens (tertiary/aromatic N) is 6. The smallest absolute Gasteiger partial charge is 0.284 e. The summed E-state index contributed by atoms with van der Waals surface area (Å²) in [5.41, 5.74) is -0.0262. The number of aromatic nitrogens is 5. The minimum Gasteiger partial charge on any atom is -0.372 e. The van der Waals surface area contributed by atoms with Gasteiger partial charge >= 0.3 is 0 Å². The summed E-state index contributed by atoms with van der Waals surface area (Å²) in [6.07, 6.45) is 5.44. The molecule has 192 valence electrons. The fraction of sp³-hybridized carbons (Fsp3) is 0.542. The van der Waals surface area contributed by atoms with Crippen molar-refractivity contribution in [1.82, 2.24) is 24.4 Å². The highest BCUT2D eigenvalue weighted by molar-refractivity contribution is 6.08. The molecule has 1 saturated heterocycles. The maximum Gasteiger partial charge on any atom is 0.284 e. The number of carbonyl (C=O) groups is 2. The van der Waals surface area contributed by atoms with Gasteiger partial charge in [-0.1, -0.05) is 0 Å². The third kappa shape index (κ3) is 4.81. The lowest BCUT2D eigenvalue weighted by Gasteiger charge is -2.36. The van der Waals surface area contributed by atoms with Crippen LogP contribution in [0, 0.1) is 5.92 Å². The van der Waals surface area contributed by atoms with Crippen molar-refractivity contribution in [3.05, 3.63) is 35.9 Å². The molecule has 0 aromatic carbocycles. The zero-order valence-electron chi connectivity index (χ0n) is 20.2. The van der Waals surface area contributed by atoms with Crippen molar-refractivity contribution in [2.75, 3.05) is 23.3 Å². The van der Waals surface area contributed by atoms with E-state index in [1.165, 1.54) is 21.6 Å². The molecule has 1 N–H and O–H groups in total. The number of halogens is 2. The van der Waals surface area contributed by atoms with Crippen LogP contribution in [0.5, 0.6) is 0 Å². The van der Waals surface area contributed by atoms with E-state index in [4.69, 9.17) is 4.74 Å². The molecule has 1 amide bonds. The highest BCUT2D eigenvalue weighted by atomic mass is 19.3. The molecule has 0 bridgehead atoms. The number of carbonyl (C=O) groups excluding carboxylic acids is 2. The minimum atomic E-state index is -2.85. The summed E-state index contributed by atoms with van der Waals surface area (Å²) in [6.45, 7) is 5.31. The summed E-state index contributed by atoms with van der Waals surface area (Å²) >= 11 is 0. The van der Waals surface area contributed by atoms with E-state index in [0.717, 1.165) is 6.29 Å². The predicted molar refractivity (Wildman–Crippen MR) is 127 cm³/mol. The number of alkyl halides is 2. The number of amides is 1. The molecule has 0 spiro atoms. The number of fused-ring (bicyclic) bond motifs is 1. The molecule has 2 atom stereocenters. The van der Waals surface area contributed by atoms with Crippen molar-refractivity contribution in [2.24, 2.45) is 5.92 Å². The highest BCUT2D eigenvalue weighted by Crippen LogP contribution is 2.34. The zero-order chi connectivity index (χ0) is 25.4. The van der Waals surface area contributed by atoms with Gasteiger partial charge in [0.1, 0.15) is 17.7 Å². The SMILES string of the molecule is C[C@H]1CN(c2ccn3ncc(C(=O)Nc4cn(C5CCC(C=O)CC5)nc4C(F)F)c3n2)C[C@H](C)O1.